The summed E-state index contributed by atoms with van der Waals surface area (Å²) < 4.78 is 33.9. The number of hydrogen-bond donors (Lipinski definition) is 2. The molecule has 1 aromatic carbocycles. The number of nitrogens with zero attached hydrogens (tertiary/aromatic N) is 1. The molecule has 2 N–H and O–H groups in total. The van der Waals surface area contributed by atoms with Crippen LogP contribution in [0.3, 0.4) is 0 Å². The van der Waals surface area contributed by atoms with Crippen LogP contribution < -0.4 is 5.32 Å². The van der Waals surface area contributed by atoms with Gasteiger partial charge in [0.1, 0.15) is 17.5 Å². The van der Waals surface area contributed by atoms with E-state index in [1.807, 2.05) is 6.92 Å². The molecule has 144 valence electrons. The van der Waals surface area contributed by atoms with Gasteiger partial charge in [-0.3, -0.25) is 4.98 Å². The molecule has 0 aliphatic heterocycles. The molecular weight excluding hydrogens is 354 g/mol. The van der Waals surface area contributed by atoms with E-state index in [2.05, 4.69) is 10.3 Å². The molecule has 27 heavy (non-hydrogen) atoms. The normalized spacial score (nSPS) is 19.6. The molecule has 0 radical (unpaired) electrons. The first kappa shape index (κ1) is 19.2. The van der Waals surface area contributed by atoms with Gasteiger partial charge < -0.3 is 15.2 Å². The zero-order valence-corrected chi connectivity index (χ0v) is 15.0. The molecule has 2 aromatic rings. The molecule has 0 saturated heterocycles. The SMILES string of the molecule is CCc1ccc(Nc2cncc(F)c2C(=O)OC2CCCCC2O)c(F)c1. The van der Waals surface area contributed by atoms with Gasteiger partial charge in [0, 0.05) is 0 Å². The van der Waals surface area contributed by atoms with E-state index in [0.717, 1.165) is 24.6 Å². The number of anilines is 2. The molecule has 0 amide bonds. The number of aryl methyl sites for hydroxylation is 1. The second kappa shape index (κ2) is 8.43. The standard InChI is InChI=1S/C20H22F2N2O3/c1-2-12-7-8-15(13(21)9-12)24-16-11-23-10-14(22)19(16)20(26)27-18-6-4-3-5-17(18)25/h7-11,17-18,24-25H,2-6H2,1H3. The summed E-state index contributed by atoms with van der Waals surface area (Å²) in [4.78, 5) is 16.3. The van der Waals surface area contributed by atoms with Crippen LogP contribution in [0.25, 0.3) is 0 Å². The lowest BCUT2D eigenvalue weighted by Crippen LogP contribution is -2.34. The fraction of sp³-hybridized carbons (Fsp3) is 0.400. The maximum Gasteiger partial charge on any atom is 0.343 e. The van der Waals surface area contributed by atoms with Crippen molar-refractivity contribution >= 4 is 17.3 Å². The van der Waals surface area contributed by atoms with E-state index in [1.165, 1.54) is 18.3 Å². The molecule has 1 heterocycles. The lowest BCUT2D eigenvalue weighted by Gasteiger charge is -2.27. The predicted molar refractivity (Wildman–Crippen MR) is 96.9 cm³/mol. The maximum atomic E-state index is 14.3. The zero-order chi connectivity index (χ0) is 19.4. The topological polar surface area (TPSA) is 71.5 Å². The number of benzene rings is 1. The molecule has 1 aromatic heterocycles. The first-order valence-electron chi connectivity index (χ1n) is 9.07. The molecule has 1 fully saturated rings. The lowest BCUT2D eigenvalue weighted by molar-refractivity contribution is -0.0362. The Kier molecular flexibility index (Phi) is 6.01. The number of aliphatic hydroxyl groups excluding tert-OH is 1. The van der Waals surface area contributed by atoms with E-state index in [4.69, 9.17) is 4.74 Å². The monoisotopic (exact) mass is 376 g/mol. The number of aromatic nitrogens is 1. The van der Waals surface area contributed by atoms with Crippen LogP contribution in [0.15, 0.2) is 30.6 Å². The average Bonchev–Trinajstić information content (AvgIpc) is 2.65. The summed E-state index contributed by atoms with van der Waals surface area (Å²) in [7, 11) is 0. The van der Waals surface area contributed by atoms with Gasteiger partial charge in [0.05, 0.1) is 29.9 Å². The second-order valence-corrected chi connectivity index (χ2v) is 6.63. The minimum atomic E-state index is -0.908. The van der Waals surface area contributed by atoms with Crippen LogP contribution >= 0.6 is 0 Å². The highest BCUT2D eigenvalue weighted by atomic mass is 19.1. The second-order valence-electron chi connectivity index (χ2n) is 6.63. The first-order chi connectivity index (χ1) is 13.0. The van der Waals surface area contributed by atoms with Gasteiger partial charge in [0.25, 0.3) is 0 Å². The van der Waals surface area contributed by atoms with Gasteiger partial charge in [-0.05, 0) is 43.4 Å². The van der Waals surface area contributed by atoms with Crippen LogP contribution in [0.4, 0.5) is 20.2 Å². The summed E-state index contributed by atoms with van der Waals surface area (Å²) in [6.07, 6.45) is 4.13. The van der Waals surface area contributed by atoms with E-state index < -0.39 is 29.8 Å². The Morgan fingerprint density at radius 1 is 1.22 bits per heavy atom. The van der Waals surface area contributed by atoms with E-state index in [1.54, 1.807) is 6.07 Å². The summed E-state index contributed by atoms with van der Waals surface area (Å²) in [5.41, 5.74) is 0.572. The summed E-state index contributed by atoms with van der Waals surface area (Å²) >= 11 is 0. The first-order valence-corrected chi connectivity index (χ1v) is 9.07. The van der Waals surface area contributed by atoms with Crippen molar-refractivity contribution in [1.29, 1.82) is 0 Å². The Labute approximate surface area is 156 Å². The number of esters is 1. The summed E-state index contributed by atoms with van der Waals surface area (Å²) in [6.45, 7) is 1.91. The van der Waals surface area contributed by atoms with Crippen molar-refractivity contribution in [2.75, 3.05) is 5.32 Å². The van der Waals surface area contributed by atoms with Crippen LogP contribution in [0.1, 0.15) is 48.5 Å². The third-order valence-electron chi connectivity index (χ3n) is 4.74. The molecule has 1 aliphatic carbocycles. The van der Waals surface area contributed by atoms with Gasteiger partial charge in [0.15, 0.2) is 5.82 Å². The number of ether oxygens (including phenoxy) is 1. The number of carbonyl (C=O) groups is 1. The quantitative estimate of drug-likeness (QED) is 0.768. The highest BCUT2D eigenvalue weighted by Gasteiger charge is 2.29. The van der Waals surface area contributed by atoms with Gasteiger partial charge in [0.2, 0.25) is 0 Å². The Morgan fingerprint density at radius 2 is 2.00 bits per heavy atom. The minimum Gasteiger partial charge on any atom is -0.456 e. The largest absolute Gasteiger partial charge is 0.456 e. The van der Waals surface area contributed by atoms with E-state index in [0.29, 0.717) is 19.3 Å². The zero-order valence-electron chi connectivity index (χ0n) is 15.0. The smallest absolute Gasteiger partial charge is 0.343 e. The number of carbonyl (C=O) groups excluding carboxylic acids is 1. The Bertz CT molecular complexity index is 829. The third-order valence-corrected chi connectivity index (χ3v) is 4.74. The predicted octanol–water partition coefficient (Wildman–Crippen LogP) is 4.13. The Morgan fingerprint density at radius 3 is 2.70 bits per heavy atom. The fourth-order valence-corrected chi connectivity index (χ4v) is 3.17. The van der Waals surface area contributed by atoms with Gasteiger partial charge in [-0.15, -0.1) is 0 Å². The fourth-order valence-electron chi connectivity index (χ4n) is 3.17. The number of aliphatic hydroxyl groups is 1. The van der Waals surface area contributed by atoms with Gasteiger partial charge in [-0.25, -0.2) is 13.6 Å². The molecule has 2 unspecified atom stereocenters. The van der Waals surface area contributed by atoms with Crippen LogP contribution in [0.5, 0.6) is 0 Å². The molecule has 3 rings (SSSR count). The van der Waals surface area contributed by atoms with Crippen LogP contribution in [-0.2, 0) is 11.2 Å². The van der Waals surface area contributed by atoms with Crippen LogP contribution in [0, 0.1) is 11.6 Å². The van der Waals surface area contributed by atoms with Crippen molar-refractivity contribution in [3.8, 4) is 0 Å². The van der Waals surface area contributed by atoms with E-state index in [9.17, 15) is 18.7 Å². The lowest BCUT2D eigenvalue weighted by atomic mass is 9.95. The highest BCUT2D eigenvalue weighted by Crippen LogP contribution is 2.28. The van der Waals surface area contributed by atoms with Crippen LogP contribution in [-0.4, -0.2) is 28.3 Å². The Balaban J connectivity index is 1.85. The van der Waals surface area contributed by atoms with Gasteiger partial charge >= 0.3 is 5.97 Å². The highest BCUT2D eigenvalue weighted by molar-refractivity contribution is 5.96. The molecule has 1 saturated carbocycles. The van der Waals surface area contributed by atoms with Gasteiger partial charge in [-0.1, -0.05) is 19.4 Å². The number of nitrogens with one attached hydrogen (secondary N) is 1. The third kappa shape index (κ3) is 4.42. The summed E-state index contributed by atoms with van der Waals surface area (Å²) in [5.74, 6) is -2.30. The maximum absolute atomic E-state index is 14.3. The molecule has 0 bridgehead atoms. The molecular formula is C20H22F2N2O3. The van der Waals surface area contributed by atoms with E-state index >= 15 is 0 Å². The van der Waals surface area contributed by atoms with Crippen molar-refractivity contribution in [3.05, 3.63) is 53.4 Å². The molecule has 1 aliphatic rings. The Hall–Kier alpha value is -2.54. The molecule has 5 nitrogen and oxygen atoms in total. The van der Waals surface area contributed by atoms with Crippen molar-refractivity contribution in [2.45, 2.75) is 51.2 Å². The number of halogens is 2. The molecule has 2 atom stereocenters. The number of hydrogen-bond acceptors (Lipinski definition) is 5. The average molecular weight is 376 g/mol. The summed E-state index contributed by atoms with van der Waals surface area (Å²) in [5, 5.41) is 12.7. The van der Waals surface area contributed by atoms with Crippen molar-refractivity contribution in [3.63, 3.8) is 0 Å². The number of rotatable bonds is 5. The summed E-state index contributed by atoms with van der Waals surface area (Å²) in [6, 6.07) is 4.65. The van der Waals surface area contributed by atoms with Crippen molar-refractivity contribution in [2.24, 2.45) is 0 Å². The molecule has 0 spiro atoms. The molecule has 7 heteroatoms. The van der Waals surface area contributed by atoms with Crippen LogP contribution in [0.2, 0.25) is 0 Å². The number of pyridine rings is 1. The van der Waals surface area contributed by atoms with Crippen molar-refractivity contribution < 1.29 is 23.4 Å². The minimum absolute atomic E-state index is 0.00782. The van der Waals surface area contributed by atoms with Crippen molar-refractivity contribution in [1.82, 2.24) is 4.98 Å². The van der Waals surface area contributed by atoms with Gasteiger partial charge in [-0.2, -0.15) is 0 Å². The van der Waals surface area contributed by atoms with E-state index in [-0.39, 0.29) is 16.9 Å².